The first-order valence-corrected chi connectivity index (χ1v) is 5.15. The molecule has 1 aromatic carbocycles. The highest BCUT2D eigenvalue weighted by Gasteiger charge is 2.10. The summed E-state index contributed by atoms with van der Waals surface area (Å²) in [6.07, 6.45) is 0.775. The first-order valence-electron chi connectivity index (χ1n) is 3.65. The van der Waals surface area contributed by atoms with Gasteiger partial charge >= 0.3 is 0 Å². The highest BCUT2D eigenvalue weighted by atomic mass is 79.9. The minimum atomic E-state index is -0.494. The smallest absolute Gasteiger partial charge is 0.142 e. The molecular weight excluding hydrogens is 258 g/mol. The normalized spacial score (nSPS) is 12.5. The molecule has 1 nitrogen and oxygen atoms in total. The Morgan fingerprint density at radius 1 is 1.62 bits per heavy atom. The van der Waals surface area contributed by atoms with Gasteiger partial charge in [-0.1, -0.05) is 33.6 Å². The zero-order chi connectivity index (χ0) is 9.84. The standard InChI is InChI=1S/C9H7BrClFO/c10-4-7(5-13)6-1-2-8(11)9(12)3-6/h1-3,5,7H,4H2. The van der Waals surface area contributed by atoms with E-state index in [2.05, 4.69) is 15.9 Å². The molecular formula is C9H7BrClFO. The van der Waals surface area contributed by atoms with E-state index in [-0.39, 0.29) is 10.9 Å². The van der Waals surface area contributed by atoms with Crippen LogP contribution in [-0.2, 0) is 4.79 Å². The second kappa shape index (κ2) is 4.72. The predicted octanol–water partition coefficient (Wildman–Crippen LogP) is 3.16. The van der Waals surface area contributed by atoms with Gasteiger partial charge in [0.2, 0.25) is 0 Å². The molecule has 0 bridgehead atoms. The number of benzene rings is 1. The zero-order valence-corrected chi connectivity index (χ0v) is 8.98. The summed E-state index contributed by atoms with van der Waals surface area (Å²) in [6, 6.07) is 4.37. The number of alkyl halides is 1. The summed E-state index contributed by atoms with van der Waals surface area (Å²) < 4.78 is 12.9. The van der Waals surface area contributed by atoms with E-state index in [4.69, 9.17) is 11.6 Å². The molecule has 0 spiro atoms. The number of carbonyl (C=O) groups is 1. The highest BCUT2D eigenvalue weighted by Crippen LogP contribution is 2.21. The predicted molar refractivity (Wildman–Crippen MR) is 54.0 cm³/mol. The first kappa shape index (κ1) is 10.7. The summed E-state index contributed by atoms with van der Waals surface area (Å²) >= 11 is 8.67. The van der Waals surface area contributed by atoms with Crippen LogP contribution in [0.4, 0.5) is 4.39 Å². The molecule has 0 N–H and O–H groups in total. The summed E-state index contributed by atoms with van der Waals surface area (Å²) in [6.45, 7) is 0. The van der Waals surface area contributed by atoms with Gasteiger partial charge < -0.3 is 4.79 Å². The van der Waals surface area contributed by atoms with Crippen LogP contribution in [0.3, 0.4) is 0 Å². The molecule has 0 aliphatic heterocycles. The first-order chi connectivity index (χ1) is 6.19. The van der Waals surface area contributed by atoms with Crippen molar-refractivity contribution in [1.29, 1.82) is 0 Å². The fourth-order valence-electron chi connectivity index (χ4n) is 0.947. The molecule has 1 atom stereocenters. The summed E-state index contributed by atoms with van der Waals surface area (Å²) in [7, 11) is 0. The maximum absolute atomic E-state index is 12.9. The van der Waals surface area contributed by atoms with Crippen molar-refractivity contribution < 1.29 is 9.18 Å². The lowest BCUT2D eigenvalue weighted by Crippen LogP contribution is -2.01. The van der Waals surface area contributed by atoms with E-state index < -0.39 is 5.82 Å². The fraction of sp³-hybridized carbons (Fsp3) is 0.222. The van der Waals surface area contributed by atoms with Crippen LogP contribution in [0.1, 0.15) is 11.5 Å². The summed E-state index contributed by atoms with van der Waals surface area (Å²) in [5.41, 5.74) is 0.633. The van der Waals surface area contributed by atoms with Crippen LogP contribution in [0.25, 0.3) is 0 Å². The summed E-state index contributed by atoms with van der Waals surface area (Å²) in [5, 5.41) is 0.556. The number of hydrogen-bond donors (Lipinski definition) is 0. The quantitative estimate of drug-likeness (QED) is 0.606. The lowest BCUT2D eigenvalue weighted by Gasteiger charge is -2.06. The molecule has 0 saturated heterocycles. The van der Waals surface area contributed by atoms with Crippen LogP contribution in [0, 0.1) is 5.82 Å². The molecule has 0 aromatic heterocycles. The van der Waals surface area contributed by atoms with Gasteiger partial charge in [-0.05, 0) is 17.7 Å². The molecule has 0 amide bonds. The van der Waals surface area contributed by atoms with Gasteiger partial charge in [-0.3, -0.25) is 0 Å². The third kappa shape index (κ3) is 2.51. The van der Waals surface area contributed by atoms with Gasteiger partial charge in [0.05, 0.1) is 5.02 Å². The average Bonchev–Trinajstić information content (AvgIpc) is 2.13. The molecule has 0 saturated carbocycles. The molecule has 4 heteroatoms. The van der Waals surface area contributed by atoms with Crippen LogP contribution in [0.15, 0.2) is 18.2 Å². The molecule has 0 radical (unpaired) electrons. The number of hydrogen-bond acceptors (Lipinski definition) is 1. The van der Waals surface area contributed by atoms with Crippen molar-refractivity contribution in [3.05, 3.63) is 34.6 Å². The topological polar surface area (TPSA) is 17.1 Å². The molecule has 0 heterocycles. The van der Waals surface area contributed by atoms with Crippen molar-refractivity contribution in [2.24, 2.45) is 0 Å². The van der Waals surface area contributed by atoms with E-state index >= 15 is 0 Å². The van der Waals surface area contributed by atoms with Gasteiger partial charge in [0.1, 0.15) is 12.1 Å². The monoisotopic (exact) mass is 264 g/mol. The van der Waals surface area contributed by atoms with Crippen molar-refractivity contribution in [3.63, 3.8) is 0 Å². The van der Waals surface area contributed by atoms with Crippen LogP contribution in [0.2, 0.25) is 5.02 Å². The average molecular weight is 266 g/mol. The zero-order valence-electron chi connectivity index (χ0n) is 6.64. The molecule has 1 rings (SSSR count). The SMILES string of the molecule is O=CC(CBr)c1ccc(Cl)c(F)c1. The Bertz CT molecular complexity index is 316. The number of halogens is 3. The van der Waals surface area contributed by atoms with Crippen LogP contribution in [0.5, 0.6) is 0 Å². The lowest BCUT2D eigenvalue weighted by atomic mass is 10.0. The third-order valence-electron chi connectivity index (χ3n) is 1.70. The van der Waals surface area contributed by atoms with E-state index in [1.165, 1.54) is 12.1 Å². The Morgan fingerprint density at radius 2 is 2.31 bits per heavy atom. The maximum atomic E-state index is 12.9. The molecule has 0 aliphatic rings. The van der Waals surface area contributed by atoms with Gasteiger partial charge in [0.25, 0.3) is 0 Å². The second-order valence-corrected chi connectivity index (χ2v) is 3.63. The maximum Gasteiger partial charge on any atom is 0.142 e. The van der Waals surface area contributed by atoms with Crippen molar-refractivity contribution >= 4 is 33.8 Å². The minimum absolute atomic E-state index is 0.0722. The molecule has 13 heavy (non-hydrogen) atoms. The third-order valence-corrected chi connectivity index (χ3v) is 2.71. The Kier molecular flexibility index (Phi) is 3.88. The van der Waals surface area contributed by atoms with Gasteiger partial charge in [0, 0.05) is 11.2 Å². The van der Waals surface area contributed by atoms with Gasteiger partial charge in [-0.2, -0.15) is 0 Å². The fourth-order valence-corrected chi connectivity index (χ4v) is 1.59. The van der Waals surface area contributed by atoms with Crippen molar-refractivity contribution in [3.8, 4) is 0 Å². The Morgan fingerprint density at radius 3 is 2.77 bits per heavy atom. The summed E-state index contributed by atoms with van der Waals surface area (Å²) in [5.74, 6) is -0.807. The second-order valence-electron chi connectivity index (χ2n) is 2.57. The van der Waals surface area contributed by atoms with Crippen LogP contribution >= 0.6 is 27.5 Å². The molecule has 0 fully saturated rings. The minimum Gasteiger partial charge on any atom is -0.303 e. The molecule has 1 aromatic rings. The Balaban J connectivity index is 3.01. The lowest BCUT2D eigenvalue weighted by molar-refractivity contribution is -0.108. The van der Waals surface area contributed by atoms with E-state index in [9.17, 15) is 9.18 Å². The Hall–Kier alpha value is -0.410. The molecule has 0 aliphatic carbocycles. The van der Waals surface area contributed by atoms with Gasteiger partial charge in [0.15, 0.2) is 0 Å². The number of rotatable bonds is 3. The van der Waals surface area contributed by atoms with Gasteiger partial charge in [-0.25, -0.2) is 4.39 Å². The van der Waals surface area contributed by atoms with Gasteiger partial charge in [-0.15, -0.1) is 0 Å². The highest BCUT2D eigenvalue weighted by molar-refractivity contribution is 9.09. The molecule has 70 valence electrons. The van der Waals surface area contributed by atoms with Crippen LogP contribution in [-0.4, -0.2) is 11.6 Å². The van der Waals surface area contributed by atoms with E-state index in [1.807, 2.05) is 0 Å². The summed E-state index contributed by atoms with van der Waals surface area (Å²) in [4.78, 5) is 10.5. The van der Waals surface area contributed by atoms with Crippen molar-refractivity contribution in [2.75, 3.05) is 5.33 Å². The van der Waals surface area contributed by atoms with E-state index in [0.29, 0.717) is 10.9 Å². The van der Waals surface area contributed by atoms with Crippen molar-refractivity contribution in [2.45, 2.75) is 5.92 Å². The molecule has 1 unspecified atom stereocenters. The number of aldehydes is 1. The van der Waals surface area contributed by atoms with E-state index in [0.717, 1.165) is 6.29 Å². The van der Waals surface area contributed by atoms with Crippen LogP contribution < -0.4 is 0 Å². The van der Waals surface area contributed by atoms with E-state index in [1.54, 1.807) is 6.07 Å². The number of carbonyl (C=O) groups excluding carboxylic acids is 1. The largest absolute Gasteiger partial charge is 0.303 e. The Labute approximate surface area is 89.0 Å². The van der Waals surface area contributed by atoms with Crippen molar-refractivity contribution in [1.82, 2.24) is 0 Å².